The number of hydrogen-bond acceptors (Lipinski definition) is 4. The van der Waals surface area contributed by atoms with E-state index >= 15 is 0 Å². The van der Waals surface area contributed by atoms with Crippen molar-refractivity contribution < 1.29 is 4.79 Å². The summed E-state index contributed by atoms with van der Waals surface area (Å²) in [5.41, 5.74) is -0.905. The van der Waals surface area contributed by atoms with E-state index in [0.717, 1.165) is 24.3 Å². The maximum atomic E-state index is 12.7. The lowest BCUT2D eigenvalue weighted by Crippen LogP contribution is -2.19. The minimum absolute atomic E-state index is 0.0411. The highest BCUT2D eigenvalue weighted by Gasteiger charge is 2.80. The molecule has 1 aromatic carbocycles. The predicted octanol–water partition coefficient (Wildman–Crippen LogP) is 3.05. The third-order valence-corrected chi connectivity index (χ3v) is 5.73. The first-order chi connectivity index (χ1) is 9.72. The smallest absolute Gasteiger partial charge is 0.169 e. The van der Waals surface area contributed by atoms with Gasteiger partial charge in [-0.1, -0.05) is 30.3 Å². The Balaban J connectivity index is 1.99. The molecule has 1 spiro atoms. The zero-order valence-corrected chi connectivity index (χ0v) is 11.8. The van der Waals surface area contributed by atoms with Gasteiger partial charge in [-0.15, -0.1) is 0 Å². The maximum absolute atomic E-state index is 12.7. The van der Waals surface area contributed by atoms with Gasteiger partial charge in [-0.05, 0) is 24.3 Å². The number of thioether (sulfide) groups is 1. The highest BCUT2D eigenvalue weighted by atomic mass is 32.2. The standard InChI is InChI=1S/C16H14N2OS/c17-10-16(11-18)14(15(16)6-8-20-9-7-15)13(19)12-4-2-1-3-5-12/h1-5,14H,6-9H2/t14-/m0/s1. The Morgan fingerprint density at radius 2 is 1.75 bits per heavy atom. The van der Waals surface area contributed by atoms with E-state index in [1.165, 1.54) is 0 Å². The van der Waals surface area contributed by atoms with Crippen LogP contribution in [0.15, 0.2) is 30.3 Å². The molecule has 0 N–H and O–H groups in total. The van der Waals surface area contributed by atoms with Gasteiger partial charge in [-0.2, -0.15) is 22.3 Å². The molecule has 2 aliphatic rings. The molecular weight excluding hydrogens is 268 g/mol. The molecule has 100 valence electrons. The quantitative estimate of drug-likeness (QED) is 0.782. The van der Waals surface area contributed by atoms with E-state index in [2.05, 4.69) is 12.1 Å². The molecule has 0 aromatic heterocycles. The number of rotatable bonds is 2. The SMILES string of the molecule is N#CC1(C#N)[C@@H](C(=O)c2ccccc2)C12CCSCC2. The van der Waals surface area contributed by atoms with Gasteiger partial charge in [0.25, 0.3) is 0 Å². The van der Waals surface area contributed by atoms with E-state index < -0.39 is 16.7 Å². The van der Waals surface area contributed by atoms with Crippen molar-refractivity contribution in [2.45, 2.75) is 12.8 Å². The molecule has 1 aromatic rings. The highest BCUT2D eigenvalue weighted by Crippen LogP contribution is 2.74. The number of carbonyl (C=O) groups excluding carboxylic acids is 1. The van der Waals surface area contributed by atoms with Crippen LogP contribution in [0.1, 0.15) is 23.2 Å². The molecule has 4 heteroatoms. The Morgan fingerprint density at radius 1 is 1.15 bits per heavy atom. The fourth-order valence-electron chi connectivity index (χ4n) is 3.61. The van der Waals surface area contributed by atoms with Crippen molar-refractivity contribution in [2.24, 2.45) is 16.7 Å². The first-order valence-electron chi connectivity index (χ1n) is 6.71. The van der Waals surface area contributed by atoms with Crippen LogP contribution in [0.4, 0.5) is 0 Å². The van der Waals surface area contributed by atoms with Crippen molar-refractivity contribution in [2.75, 3.05) is 11.5 Å². The molecule has 1 aliphatic heterocycles. The van der Waals surface area contributed by atoms with Gasteiger partial charge < -0.3 is 0 Å². The molecule has 0 amide bonds. The summed E-state index contributed by atoms with van der Waals surface area (Å²) in [6.45, 7) is 0. The topological polar surface area (TPSA) is 64.7 Å². The molecule has 1 heterocycles. The fourth-order valence-corrected chi connectivity index (χ4v) is 4.83. The lowest BCUT2D eigenvalue weighted by Gasteiger charge is -2.22. The zero-order chi connectivity index (χ0) is 14.2. The number of benzene rings is 1. The second-order valence-electron chi connectivity index (χ2n) is 5.46. The summed E-state index contributed by atoms with van der Waals surface area (Å²) in [7, 11) is 0. The molecule has 2 fully saturated rings. The molecule has 0 unspecified atom stereocenters. The van der Waals surface area contributed by atoms with Gasteiger partial charge in [0, 0.05) is 11.0 Å². The number of hydrogen-bond donors (Lipinski definition) is 0. The Labute approximate surface area is 122 Å². The normalized spacial score (nSPS) is 25.4. The summed E-state index contributed by atoms with van der Waals surface area (Å²) in [5, 5.41) is 19.0. The van der Waals surface area contributed by atoms with Gasteiger partial charge >= 0.3 is 0 Å². The first kappa shape index (κ1) is 13.2. The molecule has 1 saturated carbocycles. The summed E-state index contributed by atoms with van der Waals surface area (Å²) in [5.74, 6) is 1.38. The van der Waals surface area contributed by atoms with Crippen LogP contribution < -0.4 is 0 Å². The predicted molar refractivity (Wildman–Crippen MR) is 76.9 cm³/mol. The van der Waals surface area contributed by atoms with Gasteiger partial charge in [0.15, 0.2) is 11.2 Å². The number of nitriles is 2. The van der Waals surface area contributed by atoms with Gasteiger partial charge in [0.1, 0.15) is 0 Å². The molecule has 0 bridgehead atoms. The lowest BCUT2D eigenvalue weighted by atomic mass is 9.89. The van der Waals surface area contributed by atoms with Crippen LogP contribution in [0.5, 0.6) is 0 Å². The van der Waals surface area contributed by atoms with Crippen molar-refractivity contribution >= 4 is 17.5 Å². The largest absolute Gasteiger partial charge is 0.294 e. The average molecular weight is 282 g/mol. The van der Waals surface area contributed by atoms with E-state index in [-0.39, 0.29) is 5.78 Å². The number of ketones is 1. The van der Waals surface area contributed by atoms with Gasteiger partial charge in [-0.25, -0.2) is 0 Å². The van der Waals surface area contributed by atoms with Crippen molar-refractivity contribution in [1.29, 1.82) is 10.5 Å². The van der Waals surface area contributed by atoms with Crippen LogP contribution in [-0.4, -0.2) is 17.3 Å². The molecule has 1 aliphatic carbocycles. The Morgan fingerprint density at radius 3 is 2.30 bits per heavy atom. The third kappa shape index (κ3) is 1.55. The summed E-state index contributed by atoms with van der Waals surface area (Å²) in [6, 6.07) is 13.4. The van der Waals surface area contributed by atoms with Crippen molar-refractivity contribution in [3.63, 3.8) is 0 Å². The van der Waals surface area contributed by atoms with Crippen molar-refractivity contribution in [1.82, 2.24) is 0 Å². The van der Waals surface area contributed by atoms with Crippen LogP contribution in [0.3, 0.4) is 0 Å². The first-order valence-corrected chi connectivity index (χ1v) is 7.87. The lowest BCUT2D eigenvalue weighted by molar-refractivity contribution is 0.0943. The monoisotopic (exact) mass is 282 g/mol. The second-order valence-corrected chi connectivity index (χ2v) is 6.69. The van der Waals surface area contributed by atoms with Crippen LogP contribution in [-0.2, 0) is 0 Å². The molecule has 1 atom stereocenters. The van der Waals surface area contributed by atoms with E-state index in [1.54, 1.807) is 12.1 Å². The minimum atomic E-state index is -1.11. The molecule has 20 heavy (non-hydrogen) atoms. The Hall–Kier alpha value is -1.78. The molecule has 0 radical (unpaired) electrons. The number of Topliss-reactive ketones (excluding diaryl/α,β-unsaturated/α-hetero) is 1. The Kier molecular flexibility index (Phi) is 3.07. The summed E-state index contributed by atoms with van der Waals surface area (Å²) in [4.78, 5) is 12.7. The van der Waals surface area contributed by atoms with E-state index in [0.29, 0.717) is 5.56 Å². The maximum Gasteiger partial charge on any atom is 0.169 e. The molecule has 1 saturated heterocycles. The zero-order valence-electron chi connectivity index (χ0n) is 11.0. The third-order valence-electron chi connectivity index (χ3n) is 4.75. The van der Waals surface area contributed by atoms with Gasteiger partial charge in [0.2, 0.25) is 0 Å². The van der Waals surface area contributed by atoms with Crippen LogP contribution in [0, 0.1) is 39.4 Å². The van der Waals surface area contributed by atoms with Gasteiger partial charge in [0.05, 0.1) is 18.1 Å². The van der Waals surface area contributed by atoms with E-state index in [9.17, 15) is 15.3 Å². The Bertz CT molecular complexity index is 606. The molecular formula is C16H14N2OS. The second kappa shape index (κ2) is 4.65. The number of nitrogens with zero attached hydrogens (tertiary/aromatic N) is 2. The molecule has 3 nitrogen and oxygen atoms in total. The highest BCUT2D eigenvalue weighted by molar-refractivity contribution is 7.99. The van der Waals surface area contributed by atoms with Crippen LogP contribution in [0.2, 0.25) is 0 Å². The summed E-state index contributed by atoms with van der Waals surface area (Å²) >= 11 is 1.84. The van der Waals surface area contributed by atoms with E-state index in [1.807, 2.05) is 30.0 Å². The number of carbonyl (C=O) groups is 1. The fraction of sp³-hybridized carbons (Fsp3) is 0.438. The van der Waals surface area contributed by atoms with Crippen LogP contribution >= 0.6 is 11.8 Å². The van der Waals surface area contributed by atoms with Crippen molar-refractivity contribution in [3.8, 4) is 12.1 Å². The average Bonchev–Trinajstić information content (AvgIpc) is 3.08. The van der Waals surface area contributed by atoms with E-state index in [4.69, 9.17) is 0 Å². The molecule has 3 rings (SSSR count). The summed E-state index contributed by atoms with van der Waals surface area (Å²) < 4.78 is 0. The van der Waals surface area contributed by atoms with Crippen LogP contribution in [0.25, 0.3) is 0 Å². The minimum Gasteiger partial charge on any atom is -0.294 e. The summed E-state index contributed by atoms with van der Waals surface area (Å²) in [6.07, 6.45) is 1.59. The van der Waals surface area contributed by atoms with Crippen molar-refractivity contribution in [3.05, 3.63) is 35.9 Å². The van der Waals surface area contributed by atoms with Gasteiger partial charge in [-0.3, -0.25) is 4.79 Å².